The summed E-state index contributed by atoms with van der Waals surface area (Å²) in [5.74, 6) is -0.334. The Labute approximate surface area is 159 Å². The van der Waals surface area contributed by atoms with Crippen molar-refractivity contribution in [3.63, 3.8) is 0 Å². The van der Waals surface area contributed by atoms with E-state index >= 15 is 0 Å². The van der Waals surface area contributed by atoms with E-state index in [-0.39, 0.29) is 11.6 Å². The highest BCUT2D eigenvalue weighted by molar-refractivity contribution is 7.22. The normalized spacial score (nSPS) is 12.6. The maximum Gasteiger partial charge on any atom is 0.270 e. The molecule has 0 spiro atoms. The smallest absolute Gasteiger partial charge is 0.270 e. The van der Waals surface area contributed by atoms with Gasteiger partial charge in [0, 0.05) is 17.7 Å². The van der Waals surface area contributed by atoms with Crippen LogP contribution >= 0.6 is 11.3 Å². The van der Waals surface area contributed by atoms with Crippen LogP contribution in [0.2, 0.25) is 0 Å². The molecule has 3 rings (SSSR count). The van der Waals surface area contributed by atoms with Gasteiger partial charge in [0.1, 0.15) is 6.04 Å². The van der Waals surface area contributed by atoms with Crippen molar-refractivity contribution in [1.29, 1.82) is 0 Å². The number of hydrogen-bond acceptors (Lipinski definition) is 7. The summed E-state index contributed by atoms with van der Waals surface area (Å²) >= 11 is 1.47. The number of hydrazone groups is 1. The van der Waals surface area contributed by atoms with E-state index in [1.807, 2.05) is 24.3 Å². The van der Waals surface area contributed by atoms with E-state index in [9.17, 15) is 14.9 Å². The molecule has 3 aromatic rings. The van der Waals surface area contributed by atoms with Crippen molar-refractivity contribution < 1.29 is 9.72 Å². The highest BCUT2D eigenvalue weighted by atomic mass is 32.1. The second kappa shape index (κ2) is 7.92. The van der Waals surface area contributed by atoms with E-state index < -0.39 is 11.0 Å². The predicted octanol–water partition coefficient (Wildman–Crippen LogP) is 3.55. The Kier molecular flexibility index (Phi) is 5.41. The van der Waals surface area contributed by atoms with Gasteiger partial charge >= 0.3 is 0 Å². The SMILES string of the molecule is C/C(=N/NC(=O)[C@H](C)Nc1nc2ccccc2s1)c1cccc([N+](=O)[O-])c1. The van der Waals surface area contributed by atoms with Gasteiger partial charge in [-0.3, -0.25) is 14.9 Å². The average molecular weight is 383 g/mol. The van der Waals surface area contributed by atoms with Crippen LogP contribution < -0.4 is 10.7 Å². The Morgan fingerprint density at radius 2 is 2.04 bits per heavy atom. The standard InChI is InChI=1S/C18H17N5O3S/c1-11(13-6-5-7-14(10-13)23(25)26)21-22-17(24)12(2)19-18-20-15-8-3-4-9-16(15)27-18/h3-10,12H,1-2H3,(H,19,20)(H,22,24)/b21-11-/t12-/m0/s1. The second-order valence-electron chi connectivity index (χ2n) is 5.83. The van der Waals surface area contributed by atoms with E-state index in [2.05, 4.69) is 20.8 Å². The van der Waals surface area contributed by atoms with Gasteiger partial charge in [-0.15, -0.1) is 0 Å². The van der Waals surface area contributed by atoms with Crippen LogP contribution in [0.3, 0.4) is 0 Å². The number of thiazole rings is 1. The zero-order valence-electron chi connectivity index (χ0n) is 14.7. The molecule has 27 heavy (non-hydrogen) atoms. The number of anilines is 1. The van der Waals surface area contributed by atoms with Gasteiger partial charge in [0.25, 0.3) is 11.6 Å². The molecule has 0 fully saturated rings. The van der Waals surface area contributed by atoms with Crippen molar-refractivity contribution in [1.82, 2.24) is 10.4 Å². The number of nitrogens with zero attached hydrogens (tertiary/aromatic N) is 3. The quantitative estimate of drug-likeness (QED) is 0.384. The molecule has 0 aliphatic heterocycles. The van der Waals surface area contributed by atoms with Crippen LogP contribution in [0.5, 0.6) is 0 Å². The molecule has 8 nitrogen and oxygen atoms in total. The molecule has 0 bridgehead atoms. The third-order valence-electron chi connectivity index (χ3n) is 3.84. The first kappa shape index (κ1) is 18.5. The molecule has 1 heterocycles. The van der Waals surface area contributed by atoms with E-state index in [4.69, 9.17) is 0 Å². The molecule has 1 atom stereocenters. The Morgan fingerprint density at radius 3 is 2.78 bits per heavy atom. The van der Waals surface area contributed by atoms with E-state index in [1.165, 1.54) is 23.5 Å². The minimum Gasteiger partial charge on any atom is -0.350 e. The maximum atomic E-state index is 12.3. The average Bonchev–Trinajstić information content (AvgIpc) is 3.08. The monoisotopic (exact) mass is 383 g/mol. The van der Waals surface area contributed by atoms with Gasteiger partial charge in [0.2, 0.25) is 0 Å². The zero-order valence-corrected chi connectivity index (χ0v) is 15.5. The fourth-order valence-corrected chi connectivity index (χ4v) is 3.28. The van der Waals surface area contributed by atoms with Gasteiger partial charge in [-0.2, -0.15) is 5.10 Å². The van der Waals surface area contributed by atoms with Gasteiger partial charge in [0.15, 0.2) is 5.13 Å². The molecule has 138 valence electrons. The largest absolute Gasteiger partial charge is 0.350 e. The number of carbonyl (C=O) groups is 1. The fraction of sp³-hybridized carbons (Fsp3) is 0.167. The summed E-state index contributed by atoms with van der Waals surface area (Å²) < 4.78 is 1.03. The van der Waals surface area contributed by atoms with Crippen LogP contribution in [0.4, 0.5) is 10.8 Å². The van der Waals surface area contributed by atoms with Crippen LogP contribution in [0, 0.1) is 10.1 Å². The molecule has 2 aromatic carbocycles. The summed E-state index contributed by atoms with van der Waals surface area (Å²) in [6, 6.07) is 13.3. The summed E-state index contributed by atoms with van der Waals surface area (Å²) in [7, 11) is 0. The molecule has 0 saturated heterocycles. The van der Waals surface area contributed by atoms with Gasteiger partial charge in [-0.25, -0.2) is 10.4 Å². The third kappa shape index (κ3) is 4.45. The number of fused-ring (bicyclic) bond motifs is 1. The van der Waals surface area contributed by atoms with Gasteiger partial charge in [0.05, 0.1) is 20.9 Å². The molecule has 0 saturated carbocycles. The van der Waals surface area contributed by atoms with Crippen LogP contribution in [0.15, 0.2) is 53.6 Å². The van der Waals surface area contributed by atoms with E-state index in [0.29, 0.717) is 16.4 Å². The number of hydrogen-bond donors (Lipinski definition) is 2. The Bertz CT molecular complexity index is 998. The number of non-ortho nitro benzene ring substituents is 1. The summed E-state index contributed by atoms with van der Waals surface area (Å²) in [6.07, 6.45) is 0. The summed E-state index contributed by atoms with van der Waals surface area (Å²) in [5.41, 5.74) is 4.36. The lowest BCUT2D eigenvalue weighted by Gasteiger charge is -2.11. The molecule has 0 radical (unpaired) electrons. The number of amides is 1. The lowest BCUT2D eigenvalue weighted by atomic mass is 10.1. The fourth-order valence-electron chi connectivity index (χ4n) is 2.33. The topological polar surface area (TPSA) is 110 Å². The summed E-state index contributed by atoms with van der Waals surface area (Å²) in [5, 5.41) is 18.6. The van der Waals surface area contributed by atoms with Gasteiger partial charge in [-0.1, -0.05) is 35.6 Å². The number of benzene rings is 2. The zero-order chi connectivity index (χ0) is 19.4. The van der Waals surface area contributed by atoms with E-state index in [0.717, 1.165) is 10.2 Å². The number of carbonyl (C=O) groups excluding carboxylic acids is 1. The Hall–Kier alpha value is -3.33. The number of para-hydroxylation sites is 1. The number of nitro benzene ring substituents is 1. The number of nitro groups is 1. The first-order chi connectivity index (χ1) is 12.9. The molecule has 0 aliphatic carbocycles. The first-order valence-corrected chi connectivity index (χ1v) is 8.97. The number of aromatic nitrogens is 1. The maximum absolute atomic E-state index is 12.3. The van der Waals surface area contributed by atoms with Crippen molar-refractivity contribution in [2.75, 3.05) is 5.32 Å². The summed E-state index contributed by atoms with van der Waals surface area (Å²) in [6.45, 7) is 3.38. The van der Waals surface area contributed by atoms with Gasteiger partial charge < -0.3 is 5.32 Å². The lowest BCUT2D eigenvalue weighted by Crippen LogP contribution is -2.35. The highest BCUT2D eigenvalue weighted by Crippen LogP contribution is 2.25. The molecule has 0 aliphatic rings. The van der Waals surface area contributed by atoms with Crippen molar-refractivity contribution in [2.24, 2.45) is 5.10 Å². The molecular weight excluding hydrogens is 366 g/mol. The van der Waals surface area contributed by atoms with Crippen LogP contribution in [0.1, 0.15) is 19.4 Å². The van der Waals surface area contributed by atoms with Crippen LogP contribution in [-0.4, -0.2) is 27.6 Å². The molecule has 1 amide bonds. The third-order valence-corrected chi connectivity index (χ3v) is 4.80. The first-order valence-electron chi connectivity index (χ1n) is 8.15. The van der Waals surface area contributed by atoms with Crippen LogP contribution in [-0.2, 0) is 4.79 Å². The van der Waals surface area contributed by atoms with Crippen molar-refractivity contribution >= 4 is 44.0 Å². The van der Waals surface area contributed by atoms with Crippen molar-refractivity contribution in [2.45, 2.75) is 19.9 Å². The minimum absolute atomic E-state index is 0.0285. The second-order valence-corrected chi connectivity index (χ2v) is 6.86. The van der Waals surface area contributed by atoms with Crippen molar-refractivity contribution in [3.05, 3.63) is 64.2 Å². The number of rotatable bonds is 6. The number of nitrogens with one attached hydrogen (secondary N) is 2. The van der Waals surface area contributed by atoms with Crippen molar-refractivity contribution in [3.8, 4) is 0 Å². The van der Waals surface area contributed by atoms with Gasteiger partial charge in [-0.05, 0) is 26.0 Å². The molecule has 0 unspecified atom stereocenters. The summed E-state index contributed by atoms with van der Waals surface area (Å²) in [4.78, 5) is 27.1. The molecule has 9 heteroatoms. The lowest BCUT2D eigenvalue weighted by molar-refractivity contribution is -0.384. The molecule has 1 aromatic heterocycles. The molecule has 2 N–H and O–H groups in total. The highest BCUT2D eigenvalue weighted by Gasteiger charge is 2.15. The molecular formula is C18H17N5O3S. The van der Waals surface area contributed by atoms with Crippen LogP contribution in [0.25, 0.3) is 10.2 Å². The Balaban J connectivity index is 1.64. The van der Waals surface area contributed by atoms with E-state index in [1.54, 1.807) is 26.0 Å². The predicted molar refractivity (Wildman–Crippen MR) is 106 cm³/mol. The Morgan fingerprint density at radius 1 is 1.26 bits per heavy atom. The minimum atomic E-state index is -0.549.